The lowest BCUT2D eigenvalue weighted by atomic mass is 10.1. The molecule has 1 amide bonds. The molecule has 0 heterocycles. The van der Waals surface area contributed by atoms with Gasteiger partial charge in [0, 0.05) is 27.9 Å². The Hall–Kier alpha value is -0.520. The van der Waals surface area contributed by atoms with Gasteiger partial charge in [-0.1, -0.05) is 15.9 Å². The molecular weight excluding hydrogens is 324 g/mol. The largest absolute Gasteiger partial charge is 0.350 e. The zero-order valence-electron chi connectivity index (χ0n) is 11.4. The summed E-state index contributed by atoms with van der Waals surface area (Å²) in [6, 6.07) is 8.20. The van der Waals surface area contributed by atoms with Gasteiger partial charge in [-0.05, 0) is 50.3 Å². The van der Waals surface area contributed by atoms with Crippen molar-refractivity contribution in [2.24, 2.45) is 5.73 Å². The molecule has 0 saturated carbocycles. The van der Waals surface area contributed by atoms with E-state index in [1.165, 1.54) is 4.90 Å². The van der Waals surface area contributed by atoms with Crippen LogP contribution in [0.1, 0.15) is 26.7 Å². The average molecular weight is 345 g/mol. The van der Waals surface area contributed by atoms with Crippen molar-refractivity contribution in [3.63, 3.8) is 0 Å². The summed E-state index contributed by atoms with van der Waals surface area (Å²) < 4.78 is 1.08. The molecule has 0 unspecified atom stereocenters. The van der Waals surface area contributed by atoms with E-state index in [2.05, 4.69) is 33.4 Å². The first kappa shape index (κ1) is 16.5. The minimum absolute atomic E-state index is 0.0758. The molecule has 3 N–H and O–H groups in total. The van der Waals surface area contributed by atoms with Gasteiger partial charge in [0.05, 0.1) is 0 Å². The van der Waals surface area contributed by atoms with E-state index in [1.807, 2.05) is 26.0 Å². The van der Waals surface area contributed by atoms with Gasteiger partial charge < -0.3 is 11.1 Å². The van der Waals surface area contributed by atoms with Crippen molar-refractivity contribution < 1.29 is 4.79 Å². The van der Waals surface area contributed by atoms with Gasteiger partial charge in [0.15, 0.2) is 0 Å². The Bertz CT molecular complexity index is 406. The first-order valence-electron chi connectivity index (χ1n) is 6.32. The number of rotatable bonds is 7. The number of carbonyl (C=O) groups is 1. The summed E-state index contributed by atoms with van der Waals surface area (Å²) >= 11 is 5.18. The van der Waals surface area contributed by atoms with Crippen LogP contribution in [0, 0.1) is 0 Å². The Balaban J connectivity index is 2.20. The van der Waals surface area contributed by atoms with Gasteiger partial charge >= 0.3 is 0 Å². The van der Waals surface area contributed by atoms with Gasteiger partial charge in [0.25, 0.3) is 0 Å². The summed E-state index contributed by atoms with van der Waals surface area (Å²) in [7, 11) is 0. The molecule has 0 bridgehead atoms. The molecule has 0 atom stereocenters. The van der Waals surface area contributed by atoms with Crippen LogP contribution in [0.2, 0.25) is 0 Å². The lowest BCUT2D eigenvalue weighted by molar-refractivity contribution is -0.122. The van der Waals surface area contributed by atoms with E-state index < -0.39 is 0 Å². The number of hydrogen-bond acceptors (Lipinski definition) is 3. The van der Waals surface area contributed by atoms with E-state index in [0.717, 1.165) is 16.6 Å². The fourth-order valence-corrected chi connectivity index (χ4v) is 2.56. The third-order valence-corrected chi connectivity index (χ3v) is 4.25. The zero-order valence-corrected chi connectivity index (χ0v) is 13.8. The summed E-state index contributed by atoms with van der Waals surface area (Å²) in [5.74, 6) is 1.02. The minimum Gasteiger partial charge on any atom is -0.350 e. The second-order valence-electron chi connectivity index (χ2n) is 5.04. The van der Waals surface area contributed by atoms with Gasteiger partial charge in [-0.15, -0.1) is 11.8 Å². The van der Waals surface area contributed by atoms with E-state index in [-0.39, 0.29) is 11.4 Å². The van der Waals surface area contributed by atoms with Crippen LogP contribution in [-0.4, -0.2) is 23.7 Å². The Labute approximate surface area is 127 Å². The molecule has 0 spiro atoms. The summed E-state index contributed by atoms with van der Waals surface area (Å²) in [6.45, 7) is 4.31. The smallest absolute Gasteiger partial charge is 0.220 e. The van der Waals surface area contributed by atoms with E-state index in [4.69, 9.17) is 5.73 Å². The van der Waals surface area contributed by atoms with Gasteiger partial charge in [-0.25, -0.2) is 0 Å². The van der Waals surface area contributed by atoms with Gasteiger partial charge in [-0.3, -0.25) is 4.79 Å². The Kier molecular flexibility index (Phi) is 6.89. The fraction of sp³-hybridized carbons (Fsp3) is 0.500. The molecule has 0 saturated heterocycles. The third kappa shape index (κ3) is 6.99. The van der Waals surface area contributed by atoms with Crippen molar-refractivity contribution in [2.75, 3.05) is 12.3 Å². The molecular formula is C14H21BrN2OS. The second kappa shape index (κ2) is 7.92. The highest BCUT2D eigenvalue weighted by Crippen LogP contribution is 2.21. The van der Waals surface area contributed by atoms with Crippen molar-refractivity contribution in [3.05, 3.63) is 28.7 Å². The molecule has 1 rings (SSSR count). The van der Waals surface area contributed by atoms with Crippen LogP contribution in [0.5, 0.6) is 0 Å². The normalized spacial score (nSPS) is 11.4. The molecule has 0 aliphatic rings. The zero-order chi connectivity index (χ0) is 14.3. The summed E-state index contributed by atoms with van der Waals surface area (Å²) in [5, 5.41) is 2.93. The quantitative estimate of drug-likeness (QED) is 0.590. The molecule has 3 nitrogen and oxygen atoms in total. The SMILES string of the molecule is CC(C)(CN)NC(=O)CCCSc1ccc(Br)cc1. The Morgan fingerprint density at radius 2 is 2.00 bits per heavy atom. The monoisotopic (exact) mass is 344 g/mol. The number of benzene rings is 1. The second-order valence-corrected chi connectivity index (χ2v) is 7.13. The van der Waals surface area contributed by atoms with Crippen LogP contribution in [0.15, 0.2) is 33.6 Å². The van der Waals surface area contributed by atoms with E-state index in [1.54, 1.807) is 11.8 Å². The van der Waals surface area contributed by atoms with Crippen LogP contribution in [0.3, 0.4) is 0 Å². The molecule has 5 heteroatoms. The first-order valence-corrected chi connectivity index (χ1v) is 8.10. The summed E-state index contributed by atoms with van der Waals surface area (Å²) in [4.78, 5) is 12.9. The summed E-state index contributed by atoms with van der Waals surface area (Å²) in [5.41, 5.74) is 5.27. The Morgan fingerprint density at radius 3 is 2.58 bits per heavy atom. The molecule has 0 aliphatic carbocycles. The van der Waals surface area contributed by atoms with Crippen molar-refractivity contribution in [1.29, 1.82) is 0 Å². The van der Waals surface area contributed by atoms with Gasteiger partial charge in [0.2, 0.25) is 5.91 Å². The summed E-state index contributed by atoms with van der Waals surface area (Å²) in [6.07, 6.45) is 1.42. The van der Waals surface area contributed by atoms with E-state index >= 15 is 0 Å². The molecule has 0 radical (unpaired) electrons. The average Bonchev–Trinajstić information content (AvgIpc) is 2.36. The topological polar surface area (TPSA) is 55.1 Å². The molecule has 0 fully saturated rings. The van der Waals surface area contributed by atoms with Crippen molar-refractivity contribution in [2.45, 2.75) is 37.1 Å². The number of nitrogens with one attached hydrogen (secondary N) is 1. The lowest BCUT2D eigenvalue weighted by Gasteiger charge is -2.24. The third-order valence-electron chi connectivity index (χ3n) is 2.62. The number of halogens is 1. The minimum atomic E-state index is -0.310. The van der Waals surface area contributed by atoms with Crippen molar-refractivity contribution >= 4 is 33.6 Å². The molecule has 106 valence electrons. The highest BCUT2D eigenvalue weighted by atomic mass is 79.9. The molecule has 1 aromatic carbocycles. The van der Waals surface area contributed by atoms with E-state index in [0.29, 0.717) is 13.0 Å². The van der Waals surface area contributed by atoms with Crippen LogP contribution >= 0.6 is 27.7 Å². The van der Waals surface area contributed by atoms with Gasteiger partial charge in [-0.2, -0.15) is 0 Å². The predicted octanol–water partition coefficient (Wildman–Crippen LogP) is 3.17. The number of thioether (sulfide) groups is 1. The number of hydrogen-bond donors (Lipinski definition) is 2. The molecule has 0 aromatic heterocycles. The van der Waals surface area contributed by atoms with Gasteiger partial charge in [0.1, 0.15) is 0 Å². The lowest BCUT2D eigenvalue weighted by Crippen LogP contribution is -2.48. The standard InChI is InChI=1S/C14H21BrN2OS/c1-14(2,10-16)17-13(18)4-3-9-19-12-7-5-11(15)6-8-12/h5-8H,3-4,9-10,16H2,1-2H3,(H,17,18). The molecule has 1 aromatic rings. The van der Waals surface area contributed by atoms with Crippen LogP contribution in [-0.2, 0) is 4.79 Å². The molecule has 0 aliphatic heterocycles. The number of nitrogens with two attached hydrogens (primary N) is 1. The van der Waals surface area contributed by atoms with Crippen molar-refractivity contribution in [1.82, 2.24) is 5.32 Å². The first-order chi connectivity index (χ1) is 8.93. The van der Waals surface area contributed by atoms with E-state index in [9.17, 15) is 4.79 Å². The highest BCUT2D eigenvalue weighted by Gasteiger charge is 2.17. The highest BCUT2D eigenvalue weighted by molar-refractivity contribution is 9.10. The van der Waals surface area contributed by atoms with Crippen LogP contribution in [0.4, 0.5) is 0 Å². The Morgan fingerprint density at radius 1 is 1.37 bits per heavy atom. The van der Waals surface area contributed by atoms with Crippen LogP contribution < -0.4 is 11.1 Å². The molecule has 19 heavy (non-hydrogen) atoms. The van der Waals surface area contributed by atoms with Crippen molar-refractivity contribution in [3.8, 4) is 0 Å². The maximum Gasteiger partial charge on any atom is 0.220 e. The maximum atomic E-state index is 11.7. The fourth-order valence-electron chi connectivity index (χ4n) is 1.44. The maximum absolute atomic E-state index is 11.7. The predicted molar refractivity (Wildman–Crippen MR) is 85.4 cm³/mol. The van der Waals surface area contributed by atoms with Crippen LogP contribution in [0.25, 0.3) is 0 Å². The number of carbonyl (C=O) groups excluding carboxylic acids is 1. The number of amides is 1.